The highest BCUT2D eigenvalue weighted by atomic mass is 16.8. The minimum absolute atomic E-state index is 0.206. The van der Waals surface area contributed by atoms with E-state index in [1.807, 2.05) is 6.08 Å². The second-order valence-electron chi connectivity index (χ2n) is 22.8. The number of carbonyl (C=O) groups is 1. The van der Waals surface area contributed by atoms with Crippen LogP contribution in [0.4, 0.5) is 0 Å². The average molecular weight is 1230 g/mol. The third-order valence-corrected chi connectivity index (χ3v) is 15.6. The number of rotatable bonds is 47. The molecule has 17 unspecified atom stereocenters. The zero-order valence-electron chi connectivity index (χ0n) is 52.2. The molecule has 0 aliphatic carbocycles. The highest BCUT2D eigenvalue weighted by Crippen LogP contribution is 2.33. The molecule has 3 fully saturated rings. The van der Waals surface area contributed by atoms with Crippen molar-refractivity contribution in [1.29, 1.82) is 0 Å². The fourth-order valence-electron chi connectivity index (χ4n) is 10.3. The number of ether oxygens (including phenoxy) is 6. The maximum absolute atomic E-state index is 13.4. The molecule has 3 aliphatic rings. The number of allylic oxidation sites excluding steroid dienone is 17. The molecule has 87 heavy (non-hydrogen) atoms. The van der Waals surface area contributed by atoms with Gasteiger partial charge in [0.05, 0.1) is 38.6 Å². The van der Waals surface area contributed by atoms with Crippen LogP contribution in [0.15, 0.2) is 109 Å². The predicted molar refractivity (Wildman–Crippen MR) is 337 cm³/mol. The number of nitrogens with one attached hydrogen (secondary N) is 1. The first kappa shape index (κ1) is 77.7. The van der Waals surface area contributed by atoms with Gasteiger partial charge in [0.1, 0.15) is 73.2 Å². The number of hydrogen-bond acceptors (Lipinski definition) is 18. The number of unbranched alkanes of at least 4 members (excludes halogenated alkanes) is 15. The Morgan fingerprint density at radius 3 is 1.24 bits per heavy atom. The second-order valence-corrected chi connectivity index (χ2v) is 22.8. The van der Waals surface area contributed by atoms with Gasteiger partial charge in [-0.15, -0.1) is 0 Å². The highest BCUT2D eigenvalue weighted by Gasteiger charge is 2.53. The number of aliphatic hydroxyl groups excluding tert-OH is 11. The van der Waals surface area contributed by atoms with E-state index < -0.39 is 124 Å². The van der Waals surface area contributed by atoms with Crippen molar-refractivity contribution in [2.75, 3.05) is 26.4 Å². The summed E-state index contributed by atoms with van der Waals surface area (Å²) in [6, 6.07) is -0.994. The molecule has 0 radical (unpaired) electrons. The molecular formula is C68H113NO18. The highest BCUT2D eigenvalue weighted by molar-refractivity contribution is 5.76. The molecule has 3 saturated heterocycles. The number of amides is 1. The zero-order chi connectivity index (χ0) is 63.3. The molecular weight excluding hydrogens is 1120 g/mol. The van der Waals surface area contributed by atoms with E-state index in [9.17, 15) is 61.0 Å². The summed E-state index contributed by atoms with van der Waals surface area (Å²) >= 11 is 0. The Balaban J connectivity index is 1.44. The van der Waals surface area contributed by atoms with Crippen LogP contribution in [0.2, 0.25) is 0 Å². The molecule has 17 atom stereocenters. The summed E-state index contributed by atoms with van der Waals surface area (Å²) < 4.78 is 34.2. The Labute approximate surface area is 519 Å². The van der Waals surface area contributed by atoms with Crippen LogP contribution in [0.25, 0.3) is 0 Å². The quantitative estimate of drug-likeness (QED) is 0.0207. The van der Waals surface area contributed by atoms with Gasteiger partial charge in [0.25, 0.3) is 0 Å². The summed E-state index contributed by atoms with van der Waals surface area (Å²) in [6.07, 6.45) is 37.8. The number of carbonyl (C=O) groups excluding carboxylic acids is 1. The first-order valence-corrected chi connectivity index (χ1v) is 32.6. The summed E-state index contributed by atoms with van der Waals surface area (Å²) in [6.45, 7) is 1.56. The topological polar surface area (TPSA) is 307 Å². The lowest BCUT2D eigenvalue weighted by Gasteiger charge is -2.48. The molecule has 19 nitrogen and oxygen atoms in total. The van der Waals surface area contributed by atoms with Crippen LogP contribution >= 0.6 is 0 Å². The largest absolute Gasteiger partial charge is 0.394 e. The smallest absolute Gasteiger partial charge is 0.220 e. The molecule has 12 N–H and O–H groups in total. The summed E-state index contributed by atoms with van der Waals surface area (Å²) in [4.78, 5) is 13.4. The fraction of sp³-hybridized carbons (Fsp3) is 0.721. The van der Waals surface area contributed by atoms with E-state index >= 15 is 0 Å². The molecule has 0 bridgehead atoms. The molecule has 498 valence electrons. The SMILES string of the molecule is CC/C=C\C/C=C\C/C=C\C/C=C\C/C=C\C/C=C\C/C=C\C/C=C\CCCCCCC(=O)NC(COC1OC(CO)C(OC2OC(CO)C(OC3OC(CO)C(O)C(O)C3O)C(O)C2O)C(O)C1O)C(O)/C=C/CCCCCCCCCCCCC. The van der Waals surface area contributed by atoms with Crippen LogP contribution < -0.4 is 5.32 Å². The maximum Gasteiger partial charge on any atom is 0.220 e. The minimum Gasteiger partial charge on any atom is -0.394 e. The van der Waals surface area contributed by atoms with Gasteiger partial charge in [-0.05, 0) is 83.5 Å². The van der Waals surface area contributed by atoms with E-state index in [0.717, 1.165) is 103 Å². The molecule has 0 saturated carbocycles. The van der Waals surface area contributed by atoms with Gasteiger partial charge in [-0.1, -0.05) is 200 Å². The Kier molecular flexibility index (Phi) is 43.9. The van der Waals surface area contributed by atoms with Gasteiger partial charge >= 0.3 is 0 Å². The van der Waals surface area contributed by atoms with Crippen molar-refractivity contribution in [3.63, 3.8) is 0 Å². The van der Waals surface area contributed by atoms with E-state index in [2.05, 4.69) is 116 Å². The van der Waals surface area contributed by atoms with Crippen LogP contribution in [-0.2, 0) is 33.2 Å². The van der Waals surface area contributed by atoms with Crippen molar-refractivity contribution >= 4 is 5.91 Å². The lowest BCUT2D eigenvalue weighted by atomic mass is 9.96. The van der Waals surface area contributed by atoms with E-state index in [0.29, 0.717) is 6.42 Å². The third kappa shape index (κ3) is 31.8. The van der Waals surface area contributed by atoms with Crippen molar-refractivity contribution < 1.29 is 89.4 Å². The van der Waals surface area contributed by atoms with Crippen molar-refractivity contribution in [2.24, 2.45) is 0 Å². The van der Waals surface area contributed by atoms with Crippen molar-refractivity contribution in [1.82, 2.24) is 5.32 Å². The third-order valence-electron chi connectivity index (χ3n) is 15.6. The number of hydrogen-bond donors (Lipinski definition) is 12. The van der Waals surface area contributed by atoms with E-state index in [4.69, 9.17) is 28.4 Å². The summed E-state index contributed by atoms with van der Waals surface area (Å²) in [7, 11) is 0. The Morgan fingerprint density at radius 1 is 0.425 bits per heavy atom. The molecule has 0 spiro atoms. The molecule has 3 rings (SSSR count). The van der Waals surface area contributed by atoms with E-state index in [1.165, 1.54) is 51.4 Å². The van der Waals surface area contributed by atoms with Gasteiger partial charge in [-0.25, -0.2) is 0 Å². The van der Waals surface area contributed by atoms with Gasteiger partial charge in [-0.2, -0.15) is 0 Å². The van der Waals surface area contributed by atoms with Crippen molar-refractivity contribution in [3.05, 3.63) is 109 Å². The first-order valence-electron chi connectivity index (χ1n) is 32.6. The van der Waals surface area contributed by atoms with Crippen LogP contribution in [0.3, 0.4) is 0 Å². The Bertz CT molecular complexity index is 2000. The predicted octanol–water partition coefficient (Wildman–Crippen LogP) is 7.49. The van der Waals surface area contributed by atoms with Crippen LogP contribution in [0.1, 0.15) is 181 Å². The zero-order valence-corrected chi connectivity index (χ0v) is 52.2. The molecule has 1 amide bonds. The van der Waals surface area contributed by atoms with Crippen molar-refractivity contribution in [2.45, 2.75) is 285 Å². The molecule has 0 aromatic heterocycles. The minimum atomic E-state index is -1.99. The van der Waals surface area contributed by atoms with Gasteiger partial charge in [0, 0.05) is 6.42 Å². The van der Waals surface area contributed by atoms with Gasteiger partial charge < -0.3 is 89.9 Å². The molecule has 0 aromatic carbocycles. The summed E-state index contributed by atoms with van der Waals surface area (Å²) in [5.41, 5.74) is 0. The molecule has 3 aliphatic heterocycles. The Morgan fingerprint density at radius 2 is 0.793 bits per heavy atom. The fourth-order valence-corrected chi connectivity index (χ4v) is 10.3. The second kappa shape index (κ2) is 49.2. The van der Waals surface area contributed by atoms with Crippen LogP contribution in [0, 0.1) is 0 Å². The van der Waals surface area contributed by atoms with E-state index in [-0.39, 0.29) is 18.9 Å². The Hall–Kier alpha value is -3.55. The standard InChI is InChI=1S/C68H113NO18/c1-3-5-7-9-11-13-15-17-18-19-20-21-22-23-24-25-26-27-28-29-30-31-32-34-36-38-40-42-44-46-56(74)69-51(52(73)45-43-41-39-37-35-33-16-14-12-10-8-6-4-2)50-82-66-62(80)59(77)64(54(48-71)84-66)87-68-63(81)60(78)65(55(49-72)85-68)86-67-61(79)58(76)57(75)53(47-70)83-67/h5,7,11,13,17-18,20-21,23-24,26-27,29-30,32,34,43,45,51-55,57-68,70-73,75-81H,3-4,6,8-10,12,14-16,19,22,25,28,31,33,35-42,44,46-50H2,1-2H3,(H,69,74)/b7-5-,13-11-,18-17-,21-20-,24-23-,27-26-,30-29-,34-32-,45-43+. The summed E-state index contributed by atoms with van der Waals surface area (Å²) in [5, 5.41) is 120. The van der Waals surface area contributed by atoms with Gasteiger partial charge in [0.15, 0.2) is 18.9 Å². The number of aliphatic hydroxyl groups is 11. The lowest BCUT2D eigenvalue weighted by molar-refractivity contribution is -0.379. The average Bonchev–Trinajstić information content (AvgIpc) is 1.69. The lowest BCUT2D eigenvalue weighted by Crippen LogP contribution is -2.66. The van der Waals surface area contributed by atoms with Crippen LogP contribution in [0.5, 0.6) is 0 Å². The molecule has 3 heterocycles. The van der Waals surface area contributed by atoms with E-state index in [1.54, 1.807) is 6.08 Å². The van der Waals surface area contributed by atoms with Crippen LogP contribution in [-0.4, -0.2) is 193 Å². The summed E-state index contributed by atoms with van der Waals surface area (Å²) in [5.74, 6) is -0.306. The monoisotopic (exact) mass is 1230 g/mol. The van der Waals surface area contributed by atoms with Gasteiger partial charge in [0.2, 0.25) is 5.91 Å². The normalized spacial score (nSPS) is 29.3. The van der Waals surface area contributed by atoms with Crippen molar-refractivity contribution in [3.8, 4) is 0 Å². The maximum atomic E-state index is 13.4. The first-order chi connectivity index (χ1) is 42.3. The van der Waals surface area contributed by atoms with Gasteiger partial charge in [-0.3, -0.25) is 4.79 Å². The molecule has 0 aromatic rings. The molecule has 19 heteroatoms.